The second-order valence-corrected chi connectivity index (χ2v) is 5.43. The molecule has 0 aromatic carbocycles. The summed E-state index contributed by atoms with van der Waals surface area (Å²) < 4.78 is 29.9. The first-order valence-corrected chi connectivity index (χ1v) is 6.99. The van der Waals surface area contributed by atoms with Crippen molar-refractivity contribution in [3.05, 3.63) is 17.5 Å². The third-order valence-corrected chi connectivity index (χ3v) is 3.19. The van der Waals surface area contributed by atoms with Gasteiger partial charge in [-0.2, -0.15) is 0 Å². The molecule has 8 nitrogen and oxygen atoms in total. The highest BCUT2D eigenvalue weighted by Gasteiger charge is 2.21. The third-order valence-electron chi connectivity index (χ3n) is 2.04. The molecule has 0 saturated heterocycles. The maximum Gasteiger partial charge on any atom is 0.354 e. The molecule has 0 bridgehead atoms. The van der Waals surface area contributed by atoms with Gasteiger partial charge in [0.2, 0.25) is 10.0 Å². The minimum absolute atomic E-state index is 0.0675. The predicted molar refractivity (Wildman–Crippen MR) is 66.5 cm³/mol. The van der Waals surface area contributed by atoms with Gasteiger partial charge in [0.15, 0.2) is 5.75 Å². The first-order chi connectivity index (χ1) is 8.75. The molecule has 0 aliphatic carbocycles. The van der Waals surface area contributed by atoms with Gasteiger partial charge in [0.25, 0.3) is 0 Å². The minimum atomic E-state index is -4.01. The lowest BCUT2D eigenvalue weighted by molar-refractivity contribution is -0.139. The van der Waals surface area contributed by atoms with Gasteiger partial charge >= 0.3 is 11.9 Å². The normalized spacial score (nSPS) is 11.1. The summed E-state index contributed by atoms with van der Waals surface area (Å²) in [7, 11) is -4.01. The van der Waals surface area contributed by atoms with Crippen LogP contribution in [-0.4, -0.2) is 42.8 Å². The number of rotatable bonds is 6. The van der Waals surface area contributed by atoms with Crippen LogP contribution in [0.2, 0.25) is 0 Å². The lowest BCUT2D eigenvalue weighted by atomic mass is 10.4. The van der Waals surface area contributed by atoms with Crippen molar-refractivity contribution < 1.29 is 27.9 Å². The number of esters is 1. The number of carboxylic acid groups (broad SMARTS) is 1. The zero-order chi connectivity index (χ0) is 14.6. The second kappa shape index (κ2) is 5.74. The van der Waals surface area contributed by atoms with Gasteiger partial charge in [-0.25, -0.2) is 13.2 Å². The fourth-order valence-corrected chi connectivity index (χ4v) is 2.36. The third kappa shape index (κ3) is 4.28. The molecule has 0 amide bonds. The highest BCUT2D eigenvalue weighted by atomic mass is 32.2. The molecular weight excluding hydrogens is 276 g/mol. The Bertz CT molecular complexity index is 589. The monoisotopic (exact) mass is 290 g/mol. The number of aromatic nitrogens is 1. The number of anilines is 1. The van der Waals surface area contributed by atoms with Crippen molar-refractivity contribution in [2.24, 2.45) is 0 Å². The lowest BCUT2D eigenvalue weighted by Gasteiger charge is -2.06. The molecule has 1 aromatic rings. The van der Waals surface area contributed by atoms with Crippen LogP contribution in [0.1, 0.15) is 23.1 Å². The fraction of sp³-hybridized carbons (Fsp3) is 0.400. The van der Waals surface area contributed by atoms with Crippen LogP contribution in [0, 0.1) is 6.92 Å². The van der Waals surface area contributed by atoms with Gasteiger partial charge in [0.1, 0.15) is 5.69 Å². The van der Waals surface area contributed by atoms with E-state index in [-0.39, 0.29) is 18.0 Å². The average Bonchev–Trinajstić information content (AvgIpc) is 2.57. The molecule has 0 aliphatic heterocycles. The summed E-state index contributed by atoms with van der Waals surface area (Å²) in [6, 6.07) is 1.33. The number of ether oxygens (including phenoxy) is 1. The lowest BCUT2D eigenvalue weighted by Crippen LogP contribution is -2.25. The Balaban J connectivity index is 2.89. The minimum Gasteiger partial charge on any atom is -0.477 e. The summed E-state index contributed by atoms with van der Waals surface area (Å²) in [5.41, 5.74) is 0.0745. The molecular formula is C10H14N2O6S. The molecule has 1 aromatic heterocycles. The fourth-order valence-electron chi connectivity index (χ4n) is 1.40. The van der Waals surface area contributed by atoms with Crippen molar-refractivity contribution in [2.45, 2.75) is 13.8 Å². The van der Waals surface area contributed by atoms with Gasteiger partial charge in [0, 0.05) is 5.69 Å². The molecule has 1 heterocycles. The van der Waals surface area contributed by atoms with Crippen molar-refractivity contribution >= 4 is 27.6 Å². The molecule has 3 N–H and O–H groups in total. The van der Waals surface area contributed by atoms with Crippen LogP contribution in [0.3, 0.4) is 0 Å². The van der Waals surface area contributed by atoms with E-state index in [1.807, 2.05) is 4.72 Å². The van der Waals surface area contributed by atoms with Crippen molar-refractivity contribution in [3.8, 4) is 0 Å². The van der Waals surface area contributed by atoms with E-state index < -0.39 is 27.7 Å². The number of aromatic amines is 1. The average molecular weight is 290 g/mol. The van der Waals surface area contributed by atoms with Gasteiger partial charge in [0.05, 0.1) is 12.3 Å². The molecule has 0 atom stereocenters. The van der Waals surface area contributed by atoms with Crippen molar-refractivity contribution in [2.75, 3.05) is 17.1 Å². The van der Waals surface area contributed by atoms with E-state index in [0.717, 1.165) is 0 Å². The predicted octanol–water partition coefficient (Wildman–Crippen LogP) is 0.326. The Morgan fingerprint density at radius 1 is 1.47 bits per heavy atom. The summed E-state index contributed by atoms with van der Waals surface area (Å²) in [4.78, 5) is 24.5. The summed E-state index contributed by atoms with van der Waals surface area (Å²) >= 11 is 0. The van der Waals surface area contributed by atoms with Gasteiger partial charge < -0.3 is 14.8 Å². The first-order valence-electron chi connectivity index (χ1n) is 5.34. The maximum absolute atomic E-state index is 11.7. The van der Waals surface area contributed by atoms with Crippen LogP contribution >= 0.6 is 0 Å². The molecule has 0 spiro atoms. The Kier molecular flexibility index (Phi) is 4.54. The van der Waals surface area contributed by atoms with Gasteiger partial charge in [-0.3, -0.25) is 9.52 Å². The van der Waals surface area contributed by atoms with E-state index in [1.54, 1.807) is 13.8 Å². The zero-order valence-electron chi connectivity index (χ0n) is 10.4. The number of carboxylic acids is 1. The standard InChI is InChI=1S/C10H14N2O6S/c1-3-18-8(13)5-19(16,17)12-7-4-6(2)11-9(7)10(14)15/h4,11-12H,3,5H2,1-2H3,(H,14,15). The van der Waals surface area contributed by atoms with Crippen LogP contribution in [0.4, 0.5) is 5.69 Å². The van der Waals surface area contributed by atoms with Crippen LogP contribution in [0.5, 0.6) is 0 Å². The Morgan fingerprint density at radius 2 is 2.11 bits per heavy atom. The SMILES string of the molecule is CCOC(=O)CS(=O)(=O)Nc1cc(C)[nH]c1C(=O)O. The molecule has 0 unspecified atom stereocenters. The molecule has 106 valence electrons. The van der Waals surface area contributed by atoms with Crippen LogP contribution in [-0.2, 0) is 19.6 Å². The molecule has 0 aliphatic rings. The first kappa shape index (κ1) is 15.0. The van der Waals surface area contributed by atoms with Crippen molar-refractivity contribution in [1.29, 1.82) is 0 Å². The quantitative estimate of drug-likeness (QED) is 0.648. The highest BCUT2D eigenvalue weighted by molar-refractivity contribution is 7.93. The van der Waals surface area contributed by atoms with Crippen LogP contribution < -0.4 is 4.72 Å². The number of H-pyrrole nitrogens is 1. The smallest absolute Gasteiger partial charge is 0.354 e. The van der Waals surface area contributed by atoms with Crippen LogP contribution in [0.15, 0.2) is 6.07 Å². The summed E-state index contributed by atoms with van der Waals surface area (Å²) in [5, 5.41) is 8.88. The summed E-state index contributed by atoms with van der Waals surface area (Å²) in [5.74, 6) is -3.08. The van der Waals surface area contributed by atoms with Gasteiger partial charge in [-0.1, -0.05) is 0 Å². The number of nitrogens with one attached hydrogen (secondary N) is 2. The van der Waals surface area contributed by atoms with Crippen molar-refractivity contribution in [3.63, 3.8) is 0 Å². The van der Waals surface area contributed by atoms with E-state index in [1.165, 1.54) is 6.07 Å². The van der Waals surface area contributed by atoms with E-state index in [4.69, 9.17) is 5.11 Å². The van der Waals surface area contributed by atoms with E-state index >= 15 is 0 Å². The number of sulfonamides is 1. The topological polar surface area (TPSA) is 126 Å². The number of carbonyl (C=O) groups is 2. The highest BCUT2D eigenvalue weighted by Crippen LogP contribution is 2.18. The molecule has 0 saturated carbocycles. The van der Waals surface area contributed by atoms with Crippen LogP contribution in [0.25, 0.3) is 0 Å². The molecule has 19 heavy (non-hydrogen) atoms. The number of hydrogen-bond donors (Lipinski definition) is 3. The maximum atomic E-state index is 11.7. The van der Waals surface area contributed by atoms with E-state index in [9.17, 15) is 18.0 Å². The zero-order valence-corrected chi connectivity index (χ0v) is 11.2. The number of carbonyl (C=O) groups excluding carboxylic acids is 1. The summed E-state index contributed by atoms with van der Waals surface area (Å²) in [6.45, 7) is 3.20. The molecule has 9 heteroatoms. The van der Waals surface area contributed by atoms with E-state index in [0.29, 0.717) is 5.69 Å². The molecule has 0 fully saturated rings. The molecule has 0 radical (unpaired) electrons. The van der Waals surface area contributed by atoms with Crippen molar-refractivity contribution in [1.82, 2.24) is 4.98 Å². The van der Waals surface area contributed by atoms with E-state index in [2.05, 4.69) is 9.72 Å². The number of hydrogen-bond acceptors (Lipinski definition) is 5. The Labute approximate surface area is 109 Å². The Morgan fingerprint density at radius 3 is 2.63 bits per heavy atom. The van der Waals surface area contributed by atoms with Gasteiger partial charge in [-0.15, -0.1) is 0 Å². The largest absolute Gasteiger partial charge is 0.477 e. The molecule has 1 rings (SSSR count). The second-order valence-electron chi connectivity index (χ2n) is 3.71. The van der Waals surface area contributed by atoms with Gasteiger partial charge in [-0.05, 0) is 19.9 Å². The number of aromatic carboxylic acids is 1. The Hall–Kier alpha value is -2.03. The number of aryl methyl sites for hydroxylation is 1. The summed E-state index contributed by atoms with van der Waals surface area (Å²) in [6.07, 6.45) is 0.